The molecule has 0 bridgehead atoms. The number of rotatable bonds is 3. The van der Waals surface area contributed by atoms with E-state index in [4.69, 9.17) is 0 Å². The quantitative estimate of drug-likeness (QED) is 0.846. The molecule has 1 aliphatic rings. The predicted octanol–water partition coefficient (Wildman–Crippen LogP) is 2.24. The monoisotopic (exact) mass is 259 g/mol. The molecule has 1 heterocycles. The summed E-state index contributed by atoms with van der Waals surface area (Å²) in [5, 5.41) is 10.1. The maximum Gasteiger partial charge on any atom is 0.246 e. The molecule has 2 rings (SSSR count). The molecule has 1 aliphatic heterocycles. The van der Waals surface area contributed by atoms with Crippen molar-refractivity contribution in [3.63, 3.8) is 0 Å². The summed E-state index contributed by atoms with van der Waals surface area (Å²) < 4.78 is 0. The van der Waals surface area contributed by atoms with Gasteiger partial charge in [-0.1, -0.05) is 43.7 Å². The minimum Gasteiger partial charge on any atom is -0.386 e. The van der Waals surface area contributed by atoms with Gasteiger partial charge < -0.3 is 10.0 Å². The van der Waals surface area contributed by atoms with E-state index in [9.17, 15) is 9.90 Å². The average Bonchev–Trinajstić information content (AvgIpc) is 2.32. The summed E-state index contributed by atoms with van der Waals surface area (Å²) >= 11 is 0. The number of likely N-dealkylation sites (tertiary alicyclic amines) is 1. The van der Waals surface area contributed by atoms with Crippen LogP contribution in [0.25, 0.3) is 6.08 Å². The number of aryl methyl sites for hydroxylation is 1. The van der Waals surface area contributed by atoms with Gasteiger partial charge in [-0.2, -0.15) is 0 Å². The van der Waals surface area contributed by atoms with Crippen LogP contribution in [0.2, 0.25) is 0 Å². The number of benzene rings is 1. The van der Waals surface area contributed by atoms with E-state index in [1.807, 2.05) is 51.1 Å². The van der Waals surface area contributed by atoms with Crippen LogP contribution in [-0.4, -0.2) is 34.6 Å². The molecule has 3 heteroatoms. The highest BCUT2D eigenvalue weighted by Gasteiger charge is 2.45. The van der Waals surface area contributed by atoms with Crippen molar-refractivity contribution in [2.45, 2.75) is 26.4 Å². The summed E-state index contributed by atoms with van der Waals surface area (Å²) in [6.07, 6.45) is 3.40. The Bertz CT molecular complexity index is 499. The normalized spacial score (nSPS) is 17.8. The average molecular weight is 259 g/mol. The van der Waals surface area contributed by atoms with E-state index in [0.717, 1.165) is 5.56 Å². The third-order valence-corrected chi connectivity index (χ3v) is 3.78. The molecular formula is C16H21NO2. The largest absolute Gasteiger partial charge is 0.386 e. The molecular weight excluding hydrogens is 238 g/mol. The van der Waals surface area contributed by atoms with Gasteiger partial charge in [-0.3, -0.25) is 4.79 Å². The van der Waals surface area contributed by atoms with Gasteiger partial charge in [-0.25, -0.2) is 0 Å². The lowest BCUT2D eigenvalue weighted by atomic mass is 9.83. The predicted molar refractivity (Wildman–Crippen MR) is 76.6 cm³/mol. The van der Waals surface area contributed by atoms with Crippen molar-refractivity contribution in [1.29, 1.82) is 0 Å². The lowest BCUT2D eigenvalue weighted by Gasteiger charge is -2.48. The molecule has 102 valence electrons. The van der Waals surface area contributed by atoms with Gasteiger partial charge in [-0.05, 0) is 24.5 Å². The van der Waals surface area contributed by atoms with Crippen molar-refractivity contribution in [3.8, 4) is 0 Å². The van der Waals surface area contributed by atoms with Gasteiger partial charge in [0.05, 0.1) is 13.1 Å². The Labute approximate surface area is 114 Å². The van der Waals surface area contributed by atoms with Gasteiger partial charge >= 0.3 is 0 Å². The molecule has 3 nitrogen and oxygen atoms in total. The zero-order chi connectivity index (χ0) is 14.0. The summed E-state index contributed by atoms with van der Waals surface area (Å²) in [5.74, 6) is 0.143. The molecule has 1 fully saturated rings. The molecule has 0 saturated carbocycles. The van der Waals surface area contributed by atoms with E-state index >= 15 is 0 Å². The van der Waals surface area contributed by atoms with Crippen LogP contribution in [-0.2, 0) is 4.79 Å². The fourth-order valence-electron chi connectivity index (χ4n) is 2.18. The summed E-state index contributed by atoms with van der Waals surface area (Å²) in [5.41, 5.74) is 1.49. The van der Waals surface area contributed by atoms with Gasteiger partial charge in [0.2, 0.25) is 5.91 Å². The number of carbonyl (C=O) groups is 1. The maximum absolute atomic E-state index is 11.9. The summed E-state index contributed by atoms with van der Waals surface area (Å²) in [4.78, 5) is 13.6. The number of aliphatic hydroxyl groups is 1. The van der Waals surface area contributed by atoms with Gasteiger partial charge in [-0.15, -0.1) is 0 Å². The van der Waals surface area contributed by atoms with Crippen LogP contribution in [0, 0.1) is 12.8 Å². The molecule has 1 aromatic carbocycles. The molecule has 0 aromatic heterocycles. The van der Waals surface area contributed by atoms with Crippen LogP contribution in [0.5, 0.6) is 0 Å². The molecule has 1 saturated heterocycles. The molecule has 0 unspecified atom stereocenters. The molecule has 0 spiro atoms. The van der Waals surface area contributed by atoms with Crippen molar-refractivity contribution in [3.05, 3.63) is 41.5 Å². The number of amides is 1. The van der Waals surface area contributed by atoms with E-state index in [-0.39, 0.29) is 11.8 Å². The zero-order valence-electron chi connectivity index (χ0n) is 11.8. The van der Waals surface area contributed by atoms with E-state index in [2.05, 4.69) is 0 Å². The molecule has 0 aliphatic carbocycles. The Hall–Kier alpha value is -1.61. The summed E-state index contributed by atoms with van der Waals surface area (Å²) in [6, 6.07) is 8.00. The highest BCUT2D eigenvalue weighted by molar-refractivity contribution is 5.92. The smallest absolute Gasteiger partial charge is 0.246 e. The first-order chi connectivity index (χ1) is 8.90. The second-order valence-electron chi connectivity index (χ2n) is 5.70. The van der Waals surface area contributed by atoms with Crippen LogP contribution in [0.3, 0.4) is 0 Å². The second-order valence-corrected chi connectivity index (χ2v) is 5.70. The number of nitrogens with zero attached hydrogens (tertiary/aromatic N) is 1. The Morgan fingerprint density at radius 1 is 1.42 bits per heavy atom. The van der Waals surface area contributed by atoms with Crippen LogP contribution >= 0.6 is 0 Å². The van der Waals surface area contributed by atoms with Crippen LogP contribution in [0.1, 0.15) is 25.0 Å². The summed E-state index contributed by atoms with van der Waals surface area (Å²) in [6.45, 7) is 6.84. The van der Waals surface area contributed by atoms with Crippen molar-refractivity contribution in [2.75, 3.05) is 13.1 Å². The topological polar surface area (TPSA) is 40.5 Å². The van der Waals surface area contributed by atoms with E-state index in [1.165, 1.54) is 5.56 Å². The molecule has 1 N–H and O–H groups in total. The highest BCUT2D eigenvalue weighted by atomic mass is 16.3. The standard InChI is InChI=1S/C16H21NO2/c1-12(2)16(19)10-17(11-16)15(18)8-7-14-6-4-5-13(3)9-14/h4-9,12,19H,10-11H2,1-3H3. The Balaban J connectivity index is 1.93. The maximum atomic E-state index is 11.9. The minimum atomic E-state index is -0.702. The fourth-order valence-corrected chi connectivity index (χ4v) is 2.18. The molecule has 19 heavy (non-hydrogen) atoms. The zero-order valence-corrected chi connectivity index (χ0v) is 11.8. The van der Waals surface area contributed by atoms with Crippen molar-refractivity contribution >= 4 is 12.0 Å². The summed E-state index contributed by atoms with van der Waals surface area (Å²) in [7, 11) is 0. The molecule has 0 atom stereocenters. The first-order valence-corrected chi connectivity index (χ1v) is 6.67. The van der Waals surface area contributed by atoms with E-state index in [1.54, 1.807) is 11.0 Å². The Morgan fingerprint density at radius 2 is 2.11 bits per heavy atom. The van der Waals surface area contributed by atoms with Gasteiger partial charge in [0.1, 0.15) is 5.60 Å². The fraction of sp³-hybridized carbons (Fsp3) is 0.438. The number of hydrogen-bond donors (Lipinski definition) is 1. The van der Waals surface area contributed by atoms with Crippen LogP contribution < -0.4 is 0 Å². The van der Waals surface area contributed by atoms with E-state index in [0.29, 0.717) is 13.1 Å². The third-order valence-electron chi connectivity index (χ3n) is 3.78. The Kier molecular flexibility index (Phi) is 3.76. The van der Waals surface area contributed by atoms with Gasteiger partial charge in [0.25, 0.3) is 0 Å². The van der Waals surface area contributed by atoms with Crippen LogP contribution in [0.4, 0.5) is 0 Å². The number of β-amino-alcohol motifs (C(OH)–C–C–N with tert-alkyl or cyclic N) is 1. The van der Waals surface area contributed by atoms with E-state index < -0.39 is 5.60 Å². The van der Waals surface area contributed by atoms with Gasteiger partial charge in [0, 0.05) is 6.08 Å². The van der Waals surface area contributed by atoms with Crippen LogP contribution in [0.15, 0.2) is 30.3 Å². The lowest BCUT2D eigenvalue weighted by molar-refractivity contribution is -0.158. The first-order valence-electron chi connectivity index (χ1n) is 6.67. The molecule has 0 radical (unpaired) electrons. The molecule has 1 amide bonds. The number of carbonyl (C=O) groups excluding carboxylic acids is 1. The van der Waals surface area contributed by atoms with Gasteiger partial charge in [0.15, 0.2) is 0 Å². The Morgan fingerprint density at radius 3 is 2.68 bits per heavy atom. The SMILES string of the molecule is Cc1cccc(C=CC(=O)N2CC(O)(C(C)C)C2)c1. The third kappa shape index (κ3) is 3.04. The second kappa shape index (κ2) is 5.17. The van der Waals surface area contributed by atoms with Crippen molar-refractivity contribution in [2.24, 2.45) is 5.92 Å². The first kappa shape index (κ1) is 13.8. The highest BCUT2D eigenvalue weighted by Crippen LogP contribution is 2.28. The lowest BCUT2D eigenvalue weighted by Crippen LogP contribution is -2.65. The molecule has 1 aromatic rings. The van der Waals surface area contributed by atoms with Crippen molar-refractivity contribution in [1.82, 2.24) is 4.90 Å². The number of hydrogen-bond acceptors (Lipinski definition) is 2. The van der Waals surface area contributed by atoms with Crippen molar-refractivity contribution < 1.29 is 9.90 Å². The minimum absolute atomic E-state index is 0.0353.